The summed E-state index contributed by atoms with van der Waals surface area (Å²) >= 11 is 0. The second kappa shape index (κ2) is 41.2. The average Bonchev–Trinajstić information content (AvgIpc) is 3.73. The Hall–Kier alpha value is -3.22. The molecule has 2 N–H and O–H groups in total. The average molecular weight is 911 g/mol. The number of quaternary nitrogens is 1. The van der Waals surface area contributed by atoms with Gasteiger partial charge in [0.25, 0.3) is 0 Å². The molecule has 372 valence electrons. The minimum atomic E-state index is -0.534. The fourth-order valence-electron chi connectivity index (χ4n) is 7.73. The number of esters is 6. The van der Waals surface area contributed by atoms with E-state index in [1.807, 2.05) is 5.32 Å². The van der Waals surface area contributed by atoms with Crippen LogP contribution < -0.4 is 5.32 Å². The first-order valence-electron chi connectivity index (χ1n) is 25.9. The van der Waals surface area contributed by atoms with Crippen LogP contribution in [0.5, 0.6) is 0 Å². The quantitative estimate of drug-likeness (QED) is 0.0349. The van der Waals surface area contributed by atoms with E-state index in [-0.39, 0.29) is 75.8 Å². The van der Waals surface area contributed by atoms with Crippen LogP contribution in [0.4, 0.5) is 0 Å². The van der Waals surface area contributed by atoms with Gasteiger partial charge < -0.3 is 33.7 Å². The zero-order valence-corrected chi connectivity index (χ0v) is 40.9. The lowest BCUT2D eigenvalue weighted by molar-refractivity contribution is -0.673. The van der Waals surface area contributed by atoms with Crippen molar-refractivity contribution >= 4 is 35.8 Å². The number of hydrogen-bond acceptors (Lipinski definition) is 12. The van der Waals surface area contributed by atoms with Crippen LogP contribution in [0, 0.1) is 11.8 Å². The lowest BCUT2D eigenvalue weighted by Gasteiger charge is -2.18. The summed E-state index contributed by atoms with van der Waals surface area (Å²) < 4.78 is 33.6. The van der Waals surface area contributed by atoms with E-state index in [1.165, 1.54) is 25.7 Å². The molecule has 0 aromatic heterocycles. The molecule has 2 atom stereocenters. The highest BCUT2D eigenvalue weighted by Gasteiger charge is 2.33. The van der Waals surface area contributed by atoms with Crippen molar-refractivity contribution in [2.45, 2.75) is 239 Å². The Labute approximate surface area is 387 Å². The van der Waals surface area contributed by atoms with E-state index in [0.29, 0.717) is 38.6 Å². The highest BCUT2D eigenvalue weighted by atomic mass is 16.6. The Balaban J connectivity index is 2.64. The lowest BCUT2D eigenvalue weighted by atomic mass is 10.1. The fourth-order valence-corrected chi connectivity index (χ4v) is 7.73. The molecule has 1 rings (SSSR count). The summed E-state index contributed by atoms with van der Waals surface area (Å²) in [6, 6.07) is -0.132. The van der Waals surface area contributed by atoms with Gasteiger partial charge in [-0.1, -0.05) is 156 Å². The monoisotopic (exact) mass is 911 g/mol. The third-order valence-corrected chi connectivity index (χ3v) is 11.8. The van der Waals surface area contributed by atoms with E-state index in [0.717, 1.165) is 128 Å². The van der Waals surface area contributed by atoms with Crippen molar-refractivity contribution in [1.82, 2.24) is 0 Å². The van der Waals surface area contributed by atoms with E-state index in [2.05, 4.69) is 27.7 Å². The van der Waals surface area contributed by atoms with Crippen LogP contribution in [0.2, 0.25) is 0 Å². The van der Waals surface area contributed by atoms with Crippen LogP contribution in [0.1, 0.15) is 227 Å². The van der Waals surface area contributed by atoms with Crippen LogP contribution in [-0.4, -0.2) is 87.5 Å². The number of carbonyl (C=O) groups excluding carboxylic acids is 6. The Morgan fingerprint density at radius 1 is 0.406 bits per heavy atom. The van der Waals surface area contributed by atoms with E-state index < -0.39 is 29.9 Å². The van der Waals surface area contributed by atoms with E-state index in [9.17, 15) is 28.8 Å². The van der Waals surface area contributed by atoms with Crippen molar-refractivity contribution in [3.05, 3.63) is 0 Å². The maximum atomic E-state index is 13.2. The van der Waals surface area contributed by atoms with Gasteiger partial charge in [0.2, 0.25) is 0 Å². The van der Waals surface area contributed by atoms with E-state index >= 15 is 0 Å². The standard InChI is InChI=1S/C51H91NO12/c1-5-9-13-17-21-25-29-46(53)59-37-42(38-60-47(54)30-26-22-18-14-10-6-2)33-50(57)63-41-44-35-45(36-52-44)64-51(58)34-43(39-61-48(55)31-27-23-19-15-11-7-3)40-62-49(56)32-28-24-20-16-12-8-4/h42-45,52H,5-41H2,1-4H3/p+1/t44-,45+/m1/s1. The number of hydrogen-bond donors (Lipinski definition) is 1. The molecule has 1 saturated heterocycles. The Bertz CT molecular complexity index is 1160. The lowest BCUT2D eigenvalue weighted by Crippen LogP contribution is -2.88. The van der Waals surface area contributed by atoms with Crippen LogP contribution in [-0.2, 0) is 57.2 Å². The highest BCUT2D eigenvalue weighted by Crippen LogP contribution is 2.17. The molecular formula is C51H92NO12+. The fraction of sp³-hybridized carbons (Fsp3) is 0.882. The predicted molar refractivity (Wildman–Crippen MR) is 248 cm³/mol. The summed E-state index contributed by atoms with van der Waals surface area (Å²) in [4.78, 5) is 76.3. The van der Waals surface area contributed by atoms with Crippen molar-refractivity contribution in [3.8, 4) is 0 Å². The Kier molecular flexibility index (Phi) is 37.9. The highest BCUT2D eigenvalue weighted by molar-refractivity contribution is 5.72. The summed E-state index contributed by atoms with van der Waals surface area (Å²) in [6.45, 7) is 9.08. The van der Waals surface area contributed by atoms with Crippen molar-refractivity contribution in [2.75, 3.05) is 39.6 Å². The molecule has 1 fully saturated rings. The minimum Gasteiger partial charge on any atom is -0.465 e. The molecule has 0 radical (unpaired) electrons. The molecule has 0 unspecified atom stereocenters. The maximum absolute atomic E-state index is 13.2. The van der Waals surface area contributed by atoms with Crippen LogP contribution >= 0.6 is 0 Å². The molecule has 0 saturated carbocycles. The second-order valence-electron chi connectivity index (χ2n) is 18.2. The molecule has 0 amide bonds. The van der Waals surface area contributed by atoms with Gasteiger partial charge in [0.15, 0.2) is 6.10 Å². The van der Waals surface area contributed by atoms with Crippen molar-refractivity contribution in [1.29, 1.82) is 0 Å². The maximum Gasteiger partial charge on any atom is 0.306 e. The van der Waals surface area contributed by atoms with Gasteiger partial charge in [0, 0.05) is 43.9 Å². The third kappa shape index (κ3) is 35.1. The van der Waals surface area contributed by atoms with Gasteiger partial charge in [-0.3, -0.25) is 28.8 Å². The zero-order valence-electron chi connectivity index (χ0n) is 40.9. The molecule has 1 aliphatic rings. The molecule has 1 heterocycles. The first-order chi connectivity index (χ1) is 31.1. The predicted octanol–water partition coefficient (Wildman–Crippen LogP) is 9.96. The molecule has 0 bridgehead atoms. The number of nitrogens with two attached hydrogens (primary N) is 1. The van der Waals surface area contributed by atoms with Gasteiger partial charge in [-0.05, 0) is 25.7 Å². The minimum absolute atomic E-state index is 0.0406. The van der Waals surface area contributed by atoms with Crippen molar-refractivity contribution in [2.24, 2.45) is 11.8 Å². The van der Waals surface area contributed by atoms with Gasteiger partial charge in [-0.25, -0.2) is 0 Å². The summed E-state index contributed by atoms with van der Waals surface area (Å²) in [5, 5.41) is 1.97. The number of carbonyl (C=O) groups is 6. The van der Waals surface area contributed by atoms with Crippen molar-refractivity contribution < 1.29 is 62.5 Å². The first kappa shape index (κ1) is 58.8. The van der Waals surface area contributed by atoms with Gasteiger partial charge in [0.1, 0.15) is 19.2 Å². The number of unbranched alkanes of at least 4 members (excludes halogenated alkanes) is 20. The normalized spacial score (nSPS) is 14.7. The summed E-state index contributed by atoms with van der Waals surface area (Å²) in [5.41, 5.74) is 0. The van der Waals surface area contributed by atoms with Gasteiger partial charge in [-0.2, -0.15) is 0 Å². The van der Waals surface area contributed by atoms with Gasteiger partial charge >= 0.3 is 35.8 Å². The number of ether oxygens (including phenoxy) is 6. The molecule has 0 aliphatic carbocycles. The summed E-state index contributed by atoms with van der Waals surface area (Å²) in [6.07, 6.45) is 26.4. The Morgan fingerprint density at radius 2 is 0.719 bits per heavy atom. The SMILES string of the molecule is CCCCCCCCC(=O)OCC(COC(=O)CCCCCCCC)CC(=O)OC[C@H]1C[C@H](OC(=O)CC(COC(=O)CCCCCCCC)COC(=O)CCCCCCCC)C[NH2+]1. The largest absolute Gasteiger partial charge is 0.465 e. The summed E-state index contributed by atoms with van der Waals surface area (Å²) in [5.74, 6) is -3.33. The first-order valence-corrected chi connectivity index (χ1v) is 25.9. The third-order valence-electron chi connectivity index (χ3n) is 11.8. The number of rotatable bonds is 43. The second-order valence-corrected chi connectivity index (χ2v) is 18.2. The molecular weight excluding hydrogens is 819 g/mol. The van der Waals surface area contributed by atoms with E-state index in [1.54, 1.807) is 0 Å². The van der Waals surface area contributed by atoms with Crippen LogP contribution in [0.15, 0.2) is 0 Å². The molecule has 0 aromatic carbocycles. The van der Waals surface area contributed by atoms with Gasteiger partial charge in [-0.15, -0.1) is 0 Å². The van der Waals surface area contributed by atoms with E-state index in [4.69, 9.17) is 28.4 Å². The molecule has 1 aliphatic heterocycles. The van der Waals surface area contributed by atoms with Crippen molar-refractivity contribution in [3.63, 3.8) is 0 Å². The molecule has 0 spiro atoms. The molecule has 13 nitrogen and oxygen atoms in total. The smallest absolute Gasteiger partial charge is 0.306 e. The molecule has 0 aromatic rings. The zero-order chi connectivity index (χ0) is 46.9. The van der Waals surface area contributed by atoms with Crippen LogP contribution in [0.25, 0.3) is 0 Å². The molecule has 13 heteroatoms. The Morgan fingerprint density at radius 3 is 1.06 bits per heavy atom. The molecule has 64 heavy (non-hydrogen) atoms. The van der Waals surface area contributed by atoms with Gasteiger partial charge in [0.05, 0.1) is 39.3 Å². The van der Waals surface area contributed by atoms with Crippen LogP contribution in [0.3, 0.4) is 0 Å². The summed E-state index contributed by atoms with van der Waals surface area (Å²) in [7, 11) is 0. The topological polar surface area (TPSA) is 174 Å².